The number of para-hydroxylation sites is 1. The lowest BCUT2D eigenvalue weighted by Crippen LogP contribution is -2.23. The SMILES string of the molecule is Cc1[nH]ncc1CNC(=O)c1cccc2cc[nH]c12. The van der Waals surface area contributed by atoms with Crippen LogP contribution in [-0.2, 0) is 6.54 Å². The van der Waals surface area contributed by atoms with Crippen LogP contribution in [0.1, 0.15) is 21.6 Å². The van der Waals surface area contributed by atoms with Crippen molar-refractivity contribution < 1.29 is 4.79 Å². The second-order valence-electron chi connectivity index (χ2n) is 4.45. The predicted molar refractivity (Wildman–Crippen MR) is 72.8 cm³/mol. The maximum absolute atomic E-state index is 12.2. The zero-order chi connectivity index (χ0) is 13.2. The number of benzene rings is 1. The molecule has 2 aromatic heterocycles. The van der Waals surface area contributed by atoms with Crippen LogP contribution in [0.4, 0.5) is 0 Å². The van der Waals surface area contributed by atoms with E-state index >= 15 is 0 Å². The van der Waals surface area contributed by atoms with Gasteiger partial charge in [-0.1, -0.05) is 12.1 Å². The summed E-state index contributed by atoms with van der Waals surface area (Å²) in [5.74, 6) is -0.0892. The van der Waals surface area contributed by atoms with E-state index in [1.807, 2.05) is 37.4 Å². The summed E-state index contributed by atoms with van der Waals surface area (Å²) in [7, 11) is 0. The number of aryl methyl sites for hydroxylation is 1. The molecule has 0 saturated carbocycles. The topological polar surface area (TPSA) is 73.6 Å². The van der Waals surface area contributed by atoms with Gasteiger partial charge in [0, 0.05) is 29.4 Å². The van der Waals surface area contributed by atoms with E-state index in [1.165, 1.54) is 0 Å². The number of nitrogens with one attached hydrogen (secondary N) is 3. The van der Waals surface area contributed by atoms with E-state index in [4.69, 9.17) is 0 Å². The fourth-order valence-corrected chi connectivity index (χ4v) is 2.10. The van der Waals surface area contributed by atoms with Gasteiger partial charge >= 0.3 is 0 Å². The van der Waals surface area contributed by atoms with Gasteiger partial charge < -0.3 is 10.3 Å². The van der Waals surface area contributed by atoms with Gasteiger partial charge in [0.25, 0.3) is 5.91 Å². The number of rotatable bonds is 3. The fourth-order valence-electron chi connectivity index (χ4n) is 2.10. The maximum Gasteiger partial charge on any atom is 0.253 e. The summed E-state index contributed by atoms with van der Waals surface area (Å²) in [6.07, 6.45) is 3.56. The zero-order valence-corrected chi connectivity index (χ0v) is 10.5. The number of fused-ring (bicyclic) bond motifs is 1. The van der Waals surface area contributed by atoms with Crippen LogP contribution in [0.3, 0.4) is 0 Å². The molecule has 5 heteroatoms. The molecule has 96 valence electrons. The highest BCUT2D eigenvalue weighted by molar-refractivity contribution is 6.05. The minimum absolute atomic E-state index is 0.0892. The molecular formula is C14H14N4O. The molecule has 1 aromatic carbocycles. The molecule has 0 aliphatic heterocycles. The van der Waals surface area contributed by atoms with Gasteiger partial charge in [0.1, 0.15) is 0 Å². The Hall–Kier alpha value is -2.56. The Bertz CT molecular complexity index is 726. The highest BCUT2D eigenvalue weighted by Gasteiger charge is 2.11. The molecule has 0 aliphatic carbocycles. The predicted octanol–water partition coefficient (Wildman–Crippen LogP) is 2.13. The number of carbonyl (C=O) groups is 1. The van der Waals surface area contributed by atoms with Crippen molar-refractivity contribution >= 4 is 16.8 Å². The Kier molecular flexibility index (Phi) is 2.79. The first kappa shape index (κ1) is 11.5. The number of carbonyl (C=O) groups excluding carboxylic acids is 1. The Balaban J connectivity index is 1.81. The number of aromatic nitrogens is 3. The first-order chi connectivity index (χ1) is 9.25. The molecule has 0 fully saturated rings. The van der Waals surface area contributed by atoms with E-state index in [1.54, 1.807) is 6.20 Å². The molecule has 0 saturated heterocycles. The summed E-state index contributed by atoms with van der Waals surface area (Å²) in [6.45, 7) is 2.40. The number of H-pyrrole nitrogens is 2. The summed E-state index contributed by atoms with van der Waals surface area (Å²) in [5, 5.41) is 10.7. The Labute approximate surface area is 110 Å². The second-order valence-corrected chi connectivity index (χ2v) is 4.45. The molecule has 0 bridgehead atoms. The lowest BCUT2D eigenvalue weighted by Gasteiger charge is -2.05. The molecule has 0 unspecified atom stereocenters. The third kappa shape index (κ3) is 2.10. The van der Waals surface area contributed by atoms with Crippen LogP contribution >= 0.6 is 0 Å². The zero-order valence-electron chi connectivity index (χ0n) is 10.5. The quantitative estimate of drug-likeness (QED) is 0.670. The van der Waals surface area contributed by atoms with Gasteiger partial charge in [-0.15, -0.1) is 0 Å². The Morgan fingerprint density at radius 2 is 2.26 bits per heavy atom. The molecule has 3 aromatic rings. The van der Waals surface area contributed by atoms with Gasteiger partial charge in [-0.3, -0.25) is 9.89 Å². The molecular weight excluding hydrogens is 240 g/mol. The number of aromatic amines is 2. The fraction of sp³-hybridized carbons (Fsp3) is 0.143. The second kappa shape index (κ2) is 4.61. The monoisotopic (exact) mass is 254 g/mol. The van der Waals surface area contributed by atoms with Gasteiger partial charge in [-0.2, -0.15) is 5.10 Å². The summed E-state index contributed by atoms with van der Waals surface area (Å²) in [4.78, 5) is 15.3. The lowest BCUT2D eigenvalue weighted by atomic mass is 10.1. The molecule has 2 heterocycles. The van der Waals surface area contributed by atoms with Gasteiger partial charge in [0.05, 0.1) is 17.3 Å². The molecule has 3 rings (SSSR count). The Morgan fingerprint density at radius 3 is 3.05 bits per heavy atom. The number of nitrogens with zero attached hydrogens (tertiary/aromatic N) is 1. The molecule has 0 atom stereocenters. The van der Waals surface area contributed by atoms with E-state index in [9.17, 15) is 4.79 Å². The lowest BCUT2D eigenvalue weighted by molar-refractivity contribution is 0.0952. The normalized spacial score (nSPS) is 10.8. The molecule has 0 aliphatic rings. The van der Waals surface area contributed by atoms with Crippen LogP contribution in [0.2, 0.25) is 0 Å². The summed E-state index contributed by atoms with van der Waals surface area (Å²) >= 11 is 0. The van der Waals surface area contributed by atoms with Crippen molar-refractivity contribution in [3.63, 3.8) is 0 Å². The standard InChI is InChI=1S/C14H14N4O/c1-9-11(8-17-18-9)7-16-14(19)12-4-2-3-10-5-6-15-13(10)12/h2-6,8,15H,7H2,1H3,(H,16,19)(H,17,18). The highest BCUT2D eigenvalue weighted by atomic mass is 16.1. The van der Waals surface area contributed by atoms with Crippen molar-refractivity contribution in [1.82, 2.24) is 20.5 Å². The van der Waals surface area contributed by atoms with Gasteiger partial charge in [0.15, 0.2) is 0 Å². The van der Waals surface area contributed by atoms with Crippen LogP contribution in [0.5, 0.6) is 0 Å². The van der Waals surface area contributed by atoms with Gasteiger partial charge in [0.2, 0.25) is 0 Å². The summed E-state index contributed by atoms with van der Waals surface area (Å²) in [6, 6.07) is 7.62. The minimum Gasteiger partial charge on any atom is -0.361 e. The smallest absolute Gasteiger partial charge is 0.253 e. The average molecular weight is 254 g/mol. The van der Waals surface area contributed by atoms with Gasteiger partial charge in [-0.05, 0) is 19.1 Å². The first-order valence-corrected chi connectivity index (χ1v) is 6.09. The van der Waals surface area contributed by atoms with Gasteiger partial charge in [-0.25, -0.2) is 0 Å². The van der Waals surface area contributed by atoms with E-state index in [0.29, 0.717) is 12.1 Å². The number of hydrogen-bond acceptors (Lipinski definition) is 2. The van der Waals surface area contributed by atoms with E-state index < -0.39 is 0 Å². The van der Waals surface area contributed by atoms with Crippen LogP contribution in [0.25, 0.3) is 10.9 Å². The maximum atomic E-state index is 12.2. The third-order valence-electron chi connectivity index (χ3n) is 3.21. The third-order valence-corrected chi connectivity index (χ3v) is 3.21. The summed E-state index contributed by atoms with van der Waals surface area (Å²) < 4.78 is 0. The van der Waals surface area contributed by atoms with Crippen molar-refractivity contribution in [2.75, 3.05) is 0 Å². The number of hydrogen-bond donors (Lipinski definition) is 3. The Morgan fingerprint density at radius 1 is 1.37 bits per heavy atom. The largest absolute Gasteiger partial charge is 0.361 e. The molecule has 1 amide bonds. The van der Waals surface area contributed by atoms with Crippen molar-refractivity contribution in [1.29, 1.82) is 0 Å². The van der Waals surface area contributed by atoms with Crippen molar-refractivity contribution in [3.8, 4) is 0 Å². The summed E-state index contributed by atoms with van der Waals surface area (Å²) in [5.41, 5.74) is 3.48. The van der Waals surface area contributed by atoms with E-state index in [2.05, 4.69) is 20.5 Å². The van der Waals surface area contributed by atoms with Crippen molar-refractivity contribution in [3.05, 3.63) is 53.5 Å². The van der Waals surface area contributed by atoms with E-state index in [0.717, 1.165) is 22.2 Å². The van der Waals surface area contributed by atoms with E-state index in [-0.39, 0.29) is 5.91 Å². The first-order valence-electron chi connectivity index (χ1n) is 6.09. The molecule has 0 spiro atoms. The number of amides is 1. The molecule has 0 radical (unpaired) electrons. The molecule has 19 heavy (non-hydrogen) atoms. The molecule has 5 nitrogen and oxygen atoms in total. The van der Waals surface area contributed by atoms with Crippen LogP contribution in [0, 0.1) is 6.92 Å². The van der Waals surface area contributed by atoms with Crippen LogP contribution in [-0.4, -0.2) is 21.1 Å². The minimum atomic E-state index is -0.0892. The van der Waals surface area contributed by atoms with Crippen molar-refractivity contribution in [2.24, 2.45) is 0 Å². The highest BCUT2D eigenvalue weighted by Crippen LogP contribution is 2.16. The average Bonchev–Trinajstić information content (AvgIpc) is 3.04. The van der Waals surface area contributed by atoms with Crippen molar-refractivity contribution in [2.45, 2.75) is 13.5 Å². The van der Waals surface area contributed by atoms with Crippen LogP contribution < -0.4 is 5.32 Å². The van der Waals surface area contributed by atoms with Crippen LogP contribution in [0.15, 0.2) is 36.7 Å². The molecule has 3 N–H and O–H groups in total.